The first-order valence-electron chi connectivity index (χ1n) is 6.21. The number of benzene rings is 2. The topological polar surface area (TPSA) is 15.3 Å². The van der Waals surface area contributed by atoms with E-state index in [4.69, 9.17) is 0 Å². The van der Waals surface area contributed by atoms with Crippen molar-refractivity contribution in [1.82, 2.24) is 0 Å². The van der Waals surface area contributed by atoms with E-state index in [-0.39, 0.29) is 0 Å². The van der Waals surface area contributed by atoms with E-state index in [2.05, 4.69) is 73.6 Å². The highest BCUT2D eigenvalue weighted by atomic mass is 15.1. The lowest BCUT2D eigenvalue weighted by Crippen LogP contribution is -2.12. The number of aryl methyl sites for hydroxylation is 2. The van der Waals surface area contributed by atoms with E-state index in [9.17, 15) is 0 Å². The lowest BCUT2D eigenvalue weighted by Gasteiger charge is -2.24. The van der Waals surface area contributed by atoms with Crippen molar-refractivity contribution < 1.29 is 0 Å². The zero-order valence-electron chi connectivity index (χ0n) is 11.5. The third-order valence-electron chi connectivity index (χ3n) is 3.32. The van der Waals surface area contributed by atoms with Crippen molar-refractivity contribution in [1.29, 1.82) is 0 Å². The van der Waals surface area contributed by atoms with Gasteiger partial charge < -0.3 is 10.2 Å². The predicted molar refractivity (Wildman–Crippen MR) is 80.0 cm³/mol. The molecule has 0 aliphatic heterocycles. The molecule has 18 heavy (non-hydrogen) atoms. The van der Waals surface area contributed by atoms with Gasteiger partial charge in [0.25, 0.3) is 0 Å². The van der Waals surface area contributed by atoms with E-state index in [1.54, 1.807) is 0 Å². The van der Waals surface area contributed by atoms with Gasteiger partial charge in [-0.2, -0.15) is 0 Å². The molecule has 0 aliphatic carbocycles. The van der Waals surface area contributed by atoms with Crippen LogP contribution in [0, 0.1) is 13.8 Å². The Balaban J connectivity index is 2.38. The Morgan fingerprint density at radius 1 is 0.889 bits per heavy atom. The second kappa shape index (κ2) is 5.13. The van der Waals surface area contributed by atoms with E-state index >= 15 is 0 Å². The van der Waals surface area contributed by atoms with Gasteiger partial charge in [0.1, 0.15) is 0 Å². The molecule has 0 bridgehead atoms. The van der Waals surface area contributed by atoms with Crippen LogP contribution in [0.1, 0.15) is 11.1 Å². The molecule has 2 nitrogen and oxygen atoms in total. The Hall–Kier alpha value is -1.96. The molecule has 0 saturated carbocycles. The summed E-state index contributed by atoms with van der Waals surface area (Å²) in [7, 11) is 4.05. The molecule has 0 radical (unpaired) electrons. The van der Waals surface area contributed by atoms with E-state index in [0.29, 0.717) is 0 Å². The SMILES string of the molecule is CNc1ccc(N(C)c2c(C)cccc2C)cc1. The molecule has 0 fully saturated rings. The summed E-state index contributed by atoms with van der Waals surface area (Å²) < 4.78 is 0. The second-order valence-electron chi connectivity index (χ2n) is 4.60. The molecular formula is C16H20N2. The van der Waals surface area contributed by atoms with Crippen molar-refractivity contribution in [3.8, 4) is 0 Å². The fraction of sp³-hybridized carbons (Fsp3) is 0.250. The average molecular weight is 240 g/mol. The summed E-state index contributed by atoms with van der Waals surface area (Å²) in [5.74, 6) is 0. The highest BCUT2D eigenvalue weighted by Gasteiger charge is 2.09. The number of para-hydroxylation sites is 1. The van der Waals surface area contributed by atoms with Gasteiger partial charge in [-0.05, 0) is 49.2 Å². The van der Waals surface area contributed by atoms with Gasteiger partial charge in [0.2, 0.25) is 0 Å². The maximum Gasteiger partial charge on any atom is 0.0467 e. The summed E-state index contributed by atoms with van der Waals surface area (Å²) in [5.41, 5.74) is 6.22. The lowest BCUT2D eigenvalue weighted by molar-refractivity contribution is 1.16. The molecule has 0 spiro atoms. The van der Waals surface area contributed by atoms with Gasteiger partial charge in [0.05, 0.1) is 0 Å². The number of hydrogen-bond acceptors (Lipinski definition) is 2. The molecule has 0 aromatic heterocycles. The first-order chi connectivity index (χ1) is 8.63. The summed E-state index contributed by atoms with van der Waals surface area (Å²) in [4.78, 5) is 2.24. The van der Waals surface area contributed by atoms with E-state index < -0.39 is 0 Å². The highest BCUT2D eigenvalue weighted by Crippen LogP contribution is 2.30. The Morgan fingerprint density at radius 3 is 1.94 bits per heavy atom. The van der Waals surface area contributed by atoms with Crippen LogP contribution >= 0.6 is 0 Å². The van der Waals surface area contributed by atoms with Crippen LogP contribution in [0.25, 0.3) is 0 Å². The van der Waals surface area contributed by atoms with Crippen LogP contribution in [0.4, 0.5) is 17.1 Å². The van der Waals surface area contributed by atoms with Crippen molar-refractivity contribution in [3.63, 3.8) is 0 Å². The third kappa shape index (κ3) is 2.33. The number of nitrogens with zero attached hydrogens (tertiary/aromatic N) is 1. The minimum absolute atomic E-state index is 1.13. The number of rotatable bonds is 3. The zero-order valence-corrected chi connectivity index (χ0v) is 11.5. The molecule has 2 rings (SSSR count). The van der Waals surface area contributed by atoms with Crippen LogP contribution in [-0.4, -0.2) is 14.1 Å². The zero-order chi connectivity index (χ0) is 13.1. The van der Waals surface area contributed by atoms with E-state index in [0.717, 1.165) is 5.69 Å². The summed E-state index contributed by atoms with van der Waals surface area (Å²) >= 11 is 0. The van der Waals surface area contributed by atoms with E-state index in [1.807, 2.05) is 7.05 Å². The Morgan fingerprint density at radius 2 is 1.44 bits per heavy atom. The van der Waals surface area contributed by atoms with Gasteiger partial charge in [-0.3, -0.25) is 0 Å². The predicted octanol–water partition coefficient (Wildman–Crippen LogP) is 4.11. The van der Waals surface area contributed by atoms with Crippen LogP contribution in [-0.2, 0) is 0 Å². The smallest absolute Gasteiger partial charge is 0.0467 e. The van der Waals surface area contributed by atoms with Crippen molar-refractivity contribution in [2.24, 2.45) is 0 Å². The molecule has 0 heterocycles. The Labute approximate surface area is 109 Å². The summed E-state index contributed by atoms with van der Waals surface area (Å²) in [5, 5.41) is 3.14. The molecule has 0 atom stereocenters. The summed E-state index contributed by atoms with van der Waals surface area (Å²) in [6, 6.07) is 14.9. The standard InChI is InChI=1S/C16H20N2/c1-12-6-5-7-13(2)16(12)18(4)15-10-8-14(17-3)9-11-15/h5-11,17H,1-4H3. The molecule has 2 heteroatoms. The van der Waals surface area contributed by atoms with Crippen molar-refractivity contribution in [3.05, 3.63) is 53.6 Å². The first kappa shape index (κ1) is 12.5. The van der Waals surface area contributed by atoms with Gasteiger partial charge in [-0.25, -0.2) is 0 Å². The minimum atomic E-state index is 1.13. The Bertz CT molecular complexity index is 509. The largest absolute Gasteiger partial charge is 0.388 e. The molecular weight excluding hydrogens is 220 g/mol. The maximum atomic E-state index is 3.14. The second-order valence-corrected chi connectivity index (χ2v) is 4.60. The van der Waals surface area contributed by atoms with Crippen molar-refractivity contribution in [2.75, 3.05) is 24.3 Å². The van der Waals surface area contributed by atoms with Gasteiger partial charge >= 0.3 is 0 Å². The monoisotopic (exact) mass is 240 g/mol. The highest BCUT2D eigenvalue weighted by molar-refractivity contribution is 5.70. The summed E-state index contributed by atoms with van der Waals surface area (Å²) in [6.45, 7) is 4.31. The molecule has 0 aliphatic rings. The normalized spacial score (nSPS) is 10.2. The number of hydrogen-bond donors (Lipinski definition) is 1. The molecule has 2 aromatic rings. The molecule has 2 aromatic carbocycles. The van der Waals surface area contributed by atoms with Crippen LogP contribution in [0.15, 0.2) is 42.5 Å². The van der Waals surface area contributed by atoms with Crippen LogP contribution in [0.2, 0.25) is 0 Å². The van der Waals surface area contributed by atoms with E-state index in [1.165, 1.54) is 22.5 Å². The fourth-order valence-electron chi connectivity index (χ4n) is 2.32. The molecule has 0 saturated heterocycles. The lowest BCUT2D eigenvalue weighted by atomic mass is 10.1. The van der Waals surface area contributed by atoms with Gasteiger partial charge in [-0.15, -0.1) is 0 Å². The van der Waals surface area contributed by atoms with Crippen LogP contribution in [0.5, 0.6) is 0 Å². The van der Waals surface area contributed by atoms with Gasteiger partial charge in [0.15, 0.2) is 0 Å². The first-order valence-corrected chi connectivity index (χ1v) is 6.21. The molecule has 1 N–H and O–H groups in total. The number of anilines is 3. The molecule has 94 valence electrons. The minimum Gasteiger partial charge on any atom is -0.388 e. The molecule has 0 amide bonds. The van der Waals surface area contributed by atoms with Crippen molar-refractivity contribution >= 4 is 17.1 Å². The third-order valence-corrected chi connectivity index (χ3v) is 3.32. The average Bonchev–Trinajstić information content (AvgIpc) is 2.38. The van der Waals surface area contributed by atoms with Crippen molar-refractivity contribution in [2.45, 2.75) is 13.8 Å². The number of nitrogens with one attached hydrogen (secondary N) is 1. The van der Waals surface area contributed by atoms with Gasteiger partial charge in [-0.1, -0.05) is 18.2 Å². The van der Waals surface area contributed by atoms with Crippen LogP contribution < -0.4 is 10.2 Å². The maximum absolute atomic E-state index is 3.14. The molecule has 0 unspecified atom stereocenters. The quantitative estimate of drug-likeness (QED) is 0.868. The Kier molecular flexibility index (Phi) is 3.56. The van der Waals surface area contributed by atoms with Crippen LogP contribution in [0.3, 0.4) is 0 Å². The van der Waals surface area contributed by atoms with Gasteiger partial charge in [0, 0.05) is 31.2 Å². The fourth-order valence-corrected chi connectivity index (χ4v) is 2.32. The summed E-state index contributed by atoms with van der Waals surface area (Å²) in [6.07, 6.45) is 0.